The second-order valence-electron chi connectivity index (χ2n) is 5.02. The zero-order chi connectivity index (χ0) is 10.8. The minimum atomic E-state index is -0.182. The molecule has 14 heavy (non-hydrogen) atoms. The van der Waals surface area contributed by atoms with Crippen molar-refractivity contribution in [2.45, 2.75) is 52.1 Å². The van der Waals surface area contributed by atoms with Crippen molar-refractivity contribution in [3.05, 3.63) is 0 Å². The molecule has 1 aliphatic rings. The van der Waals surface area contributed by atoms with E-state index in [0.29, 0.717) is 11.5 Å². The van der Waals surface area contributed by atoms with Gasteiger partial charge in [-0.25, -0.2) is 0 Å². The summed E-state index contributed by atoms with van der Waals surface area (Å²) in [6.45, 7) is 6.41. The normalized spacial score (nSPS) is 27.3. The fourth-order valence-corrected chi connectivity index (χ4v) is 2.18. The van der Waals surface area contributed by atoms with Gasteiger partial charge in [-0.2, -0.15) is 0 Å². The van der Waals surface area contributed by atoms with Gasteiger partial charge >= 0.3 is 5.97 Å². The Bertz CT molecular complexity index is 213. The lowest BCUT2D eigenvalue weighted by Crippen LogP contribution is -2.41. The van der Waals surface area contributed by atoms with Gasteiger partial charge in [-0.1, -0.05) is 13.8 Å². The summed E-state index contributed by atoms with van der Waals surface area (Å²) in [4.78, 5) is 11.2. The minimum Gasteiger partial charge on any atom is -0.468 e. The van der Waals surface area contributed by atoms with Crippen molar-refractivity contribution in [2.75, 3.05) is 7.11 Å². The number of nitrogens with one attached hydrogen (secondary N) is 1. The smallest absolute Gasteiger partial charge is 0.322 e. The van der Waals surface area contributed by atoms with Gasteiger partial charge in [0.1, 0.15) is 6.04 Å². The van der Waals surface area contributed by atoms with Crippen LogP contribution in [0, 0.1) is 5.41 Å². The van der Waals surface area contributed by atoms with Crippen molar-refractivity contribution < 1.29 is 9.53 Å². The highest BCUT2D eigenvalue weighted by Gasteiger charge is 2.32. The third-order valence-electron chi connectivity index (χ3n) is 3.01. The molecular formula is C11H21NO2. The van der Waals surface area contributed by atoms with Crippen molar-refractivity contribution in [1.82, 2.24) is 5.32 Å². The molecular weight excluding hydrogens is 178 g/mol. The highest BCUT2D eigenvalue weighted by molar-refractivity contribution is 5.75. The number of carbonyl (C=O) groups is 1. The van der Waals surface area contributed by atoms with Gasteiger partial charge in [0.2, 0.25) is 0 Å². The van der Waals surface area contributed by atoms with Crippen LogP contribution in [0.2, 0.25) is 0 Å². The molecule has 1 fully saturated rings. The van der Waals surface area contributed by atoms with Crippen molar-refractivity contribution in [3.63, 3.8) is 0 Å². The zero-order valence-corrected chi connectivity index (χ0v) is 9.59. The van der Waals surface area contributed by atoms with Gasteiger partial charge in [0.25, 0.3) is 0 Å². The molecule has 1 aliphatic carbocycles. The molecule has 0 saturated heterocycles. The summed E-state index contributed by atoms with van der Waals surface area (Å²) in [5.41, 5.74) is 0.424. The molecule has 2 atom stereocenters. The molecule has 0 aliphatic heterocycles. The van der Waals surface area contributed by atoms with Crippen LogP contribution in [0.25, 0.3) is 0 Å². The summed E-state index contributed by atoms with van der Waals surface area (Å²) >= 11 is 0. The molecule has 0 amide bonds. The number of rotatable bonds is 3. The molecule has 82 valence electrons. The molecule has 0 heterocycles. The van der Waals surface area contributed by atoms with Crippen molar-refractivity contribution >= 4 is 5.97 Å². The van der Waals surface area contributed by atoms with E-state index in [2.05, 4.69) is 23.9 Å². The molecule has 1 N–H and O–H groups in total. The summed E-state index contributed by atoms with van der Waals surface area (Å²) < 4.78 is 4.67. The molecule has 0 aromatic rings. The topological polar surface area (TPSA) is 38.3 Å². The van der Waals surface area contributed by atoms with E-state index in [4.69, 9.17) is 0 Å². The second-order valence-corrected chi connectivity index (χ2v) is 5.02. The minimum absolute atomic E-state index is 0.172. The fourth-order valence-electron chi connectivity index (χ4n) is 2.18. The lowest BCUT2D eigenvalue weighted by Gasteiger charge is -2.20. The Hall–Kier alpha value is -0.570. The predicted molar refractivity (Wildman–Crippen MR) is 56.0 cm³/mol. The Balaban J connectivity index is 2.36. The first-order valence-electron chi connectivity index (χ1n) is 5.28. The van der Waals surface area contributed by atoms with Crippen molar-refractivity contribution in [3.8, 4) is 0 Å². The maximum atomic E-state index is 11.2. The van der Waals surface area contributed by atoms with Crippen molar-refractivity contribution in [1.29, 1.82) is 0 Å². The van der Waals surface area contributed by atoms with Gasteiger partial charge in [0.15, 0.2) is 0 Å². The first-order chi connectivity index (χ1) is 6.44. The van der Waals surface area contributed by atoms with E-state index >= 15 is 0 Å². The van der Waals surface area contributed by atoms with Crippen LogP contribution in [-0.4, -0.2) is 25.2 Å². The molecule has 3 heteroatoms. The summed E-state index contributed by atoms with van der Waals surface area (Å²) in [6.07, 6.45) is 3.54. The highest BCUT2D eigenvalue weighted by atomic mass is 16.5. The summed E-state index contributed by atoms with van der Waals surface area (Å²) in [7, 11) is 1.43. The molecule has 3 nitrogen and oxygen atoms in total. The third kappa shape index (κ3) is 2.98. The van der Waals surface area contributed by atoms with Crippen LogP contribution in [0.3, 0.4) is 0 Å². The number of methoxy groups -OCH3 is 1. The Labute approximate surface area is 86.2 Å². The van der Waals surface area contributed by atoms with Gasteiger partial charge < -0.3 is 10.1 Å². The summed E-state index contributed by atoms with van der Waals surface area (Å²) in [6, 6.07) is 0.290. The molecule has 1 rings (SSSR count). The van der Waals surface area contributed by atoms with E-state index in [1.54, 1.807) is 0 Å². The van der Waals surface area contributed by atoms with Gasteiger partial charge in [-0.15, -0.1) is 0 Å². The number of esters is 1. The maximum absolute atomic E-state index is 11.2. The first-order valence-corrected chi connectivity index (χ1v) is 5.28. The van der Waals surface area contributed by atoms with Crippen molar-refractivity contribution in [2.24, 2.45) is 5.41 Å². The van der Waals surface area contributed by atoms with E-state index in [9.17, 15) is 4.79 Å². The monoisotopic (exact) mass is 199 g/mol. The Morgan fingerprint density at radius 2 is 2.21 bits per heavy atom. The molecule has 0 bridgehead atoms. The van der Waals surface area contributed by atoms with Crippen LogP contribution >= 0.6 is 0 Å². The molecule has 2 unspecified atom stereocenters. The van der Waals surface area contributed by atoms with Crippen LogP contribution in [0.1, 0.15) is 40.0 Å². The van der Waals surface area contributed by atoms with E-state index in [-0.39, 0.29) is 12.0 Å². The summed E-state index contributed by atoms with van der Waals surface area (Å²) in [5, 5.41) is 3.31. The van der Waals surface area contributed by atoms with E-state index in [1.165, 1.54) is 13.5 Å². The van der Waals surface area contributed by atoms with E-state index in [0.717, 1.165) is 12.8 Å². The average molecular weight is 199 g/mol. The number of hydrogen-bond donors (Lipinski definition) is 1. The van der Waals surface area contributed by atoms with Gasteiger partial charge in [-0.05, 0) is 31.6 Å². The third-order valence-corrected chi connectivity index (χ3v) is 3.01. The van der Waals surface area contributed by atoms with E-state index in [1.807, 2.05) is 6.92 Å². The Kier molecular flexibility index (Phi) is 3.53. The Morgan fingerprint density at radius 3 is 2.64 bits per heavy atom. The highest BCUT2D eigenvalue weighted by Crippen LogP contribution is 2.36. The van der Waals surface area contributed by atoms with Crippen LogP contribution in [0.15, 0.2) is 0 Å². The van der Waals surface area contributed by atoms with Crippen LogP contribution < -0.4 is 5.32 Å². The lowest BCUT2D eigenvalue weighted by molar-refractivity contribution is -0.142. The van der Waals surface area contributed by atoms with E-state index < -0.39 is 0 Å². The standard InChI is InChI=1S/C11H21NO2/c1-8(10(13)14-4)12-9-5-6-11(2,3)7-9/h8-9,12H,5-7H2,1-4H3. The lowest BCUT2D eigenvalue weighted by atomic mass is 9.92. The second kappa shape index (κ2) is 4.30. The molecule has 0 aromatic heterocycles. The quantitative estimate of drug-likeness (QED) is 0.703. The maximum Gasteiger partial charge on any atom is 0.322 e. The largest absolute Gasteiger partial charge is 0.468 e. The summed E-state index contributed by atoms with van der Waals surface area (Å²) in [5.74, 6) is -0.172. The van der Waals surface area contributed by atoms with Crippen LogP contribution in [-0.2, 0) is 9.53 Å². The SMILES string of the molecule is COC(=O)C(C)NC1CCC(C)(C)C1. The van der Waals surface area contributed by atoms with Crippen LogP contribution in [0.4, 0.5) is 0 Å². The first kappa shape index (κ1) is 11.5. The van der Waals surface area contributed by atoms with Gasteiger partial charge in [0.05, 0.1) is 7.11 Å². The fraction of sp³-hybridized carbons (Fsp3) is 0.909. The zero-order valence-electron chi connectivity index (χ0n) is 9.59. The molecule has 0 aromatic carbocycles. The molecule has 0 radical (unpaired) electrons. The van der Waals surface area contributed by atoms with Gasteiger partial charge in [-0.3, -0.25) is 4.79 Å². The Morgan fingerprint density at radius 1 is 1.57 bits per heavy atom. The average Bonchev–Trinajstić information content (AvgIpc) is 2.44. The number of ether oxygens (including phenoxy) is 1. The molecule has 1 saturated carbocycles. The predicted octanol–water partition coefficient (Wildman–Crippen LogP) is 1.72. The number of carbonyl (C=O) groups excluding carboxylic acids is 1. The molecule has 0 spiro atoms. The van der Waals surface area contributed by atoms with Gasteiger partial charge in [0, 0.05) is 6.04 Å². The number of hydrogen-bond acceptors (Lipinski definition) is 3. The van der Waals surface area contributed by atoms with Crippen LogP contribution in [0.5, 0.6) is 0 Å².